The highest BCUT2D eigenvalue weighted by molar-refractivity contribution is 5.23. The average molecular weight is 260 g/mol. The summed E-state index contributed by atoms with van der Waals surface area (Å²) in [6.45, 7) is 3.28. The molecule has 2 nitrogen and oxygen atoms in total. The molecule has 0 N–H and O–H groups in total. The molecule has 0 aromatic rings. The van der Waals surface area contributed by atoms with Crippen molar-refractivity contribution in [2.75, 3.05) is 6.61 Å². The molecule has 1 aliphatic heterocycles. The number of hydrogen-bond donors (Lipinski definition) is 0. The van der Waals surface area contributed by atoms with Crippen LogP contribution in [0.5, 0.6) is 0 Å². The van der Waals surface area contributed by atoms with E-state index in [1.165, 1.54) is 25.7 Å². The van der Waals surface area contributed by atoms with Crippen molar-refractivity contribution >= 4 is 0 Å². The van der Waals surface area contributed by atoms with Crippen LogP contribution in [0.15, 0.2) is 12.2 Å². The van der Waals surface area contributed by atoms with Crippen molar-refractivity contribution in [2.45, 2.75) is 50.9 Å². The first kappa shape index (κ1) is 11.3. The maximum absolute atomic E-state index is 6.46. The Hall–Kier alpha value is -0.340. The van der Waals surface area contributed by atoms with Gasteiger partial charge in [0.2, 0.25) is 0 Å². The summed E-state index contributed by atoms with van der Waals surface area (Å²) in [6.07, 6.45) is 11.6. The second-order valence-corrected chi connectivity index (χ2v) is 7.78. The zero-order valence-electron chi connectivity index (χ0n) is 11.8. The molecule has 2 heteroatoms. The molecule has 8 atom stereocenters. The van der Waals surface area contributed by atoms with Crippen LogP contribution in [0.4, 0.5) is 0 Å². The standard InChI is InChI=1S/C17H24O2/c1-17(19-14-3-2-6-18-14)9-12-8-13(17)16-11-5-4-10(7-11)15(12)16/h4-5,10-16H,2-3,6-9H2,1H3. The van der Waals surface area contributed by atoms with Gasteiger partial charge in [-0.05, 0) is 68.1 Å². The van der Waals surface area contributed by atoms with Crippen LogP contribution in [0.25, 0.3) is 0 Å². The quantitative estimate of drug-likeness (QED) is 0.560. The van der Waals surface area contributed by atoms with Crippen molar-refractivity contribution < 1.29 is 9.47 Å². The summed E-state index contributed by atoms with van der Waals surface area (Å²) >= 11 is 0. The van der Waals surface area contributed by atoms with Crippen LogP contribution < -0.4 is 0 Å². The van der Waals surface area contributed by atoms with Gasteiger partial charge in [0.25, 0.3) is 0 Å². The SMILES string of the molecule is CC1(OC2CCCO2)CC2CC1C1C3C=CC(C3)C21. The lowest BCUT2D eigenvalue weighted by molar-refractivity contribution is -0.211. The van der Waals surface area contributed by atoms with Crippen molar-refractivity contribution in [3.05, 3.63) is 12.2 Å². The number of allylic oxidation sites excluding steroid dienone is 2. The van der Waals surface area contributed by atoms with Crippen molar-refractivity contribution in [3.63, 3.8) is 0 Å². The molecule has 4 aliphatic carbocycles. The van der Waals surface area contributed by atoms with E-state index in [9.17, 15) is 0 Å². The van der Waals surface area contributed by atoms with E-state index < -0.39 is 0 Å². The summed E-state index contributed by atoms with van der Waals surface area (Å²) in [6, 6.07) is 0. The Balaban J connectivity index is 1.41. The van der Waals surface area contributed by atoms with Gasteiger partial charge in [0.1, 0.15) is 0 Å². The van der Waals surface area contributed by atoms with Gasteiger partial charge in [-0.2, -0.15) is 0 Å². The molecule has 5 aliphatic rings. The maximum Gasteiger partial charge on any atom is 0.158 e. The van der Waals surface area contributed by atoms with Crippen molar-refractivity contribution in [1.82, 2.24) is 0 Å². The zero-order chi connectivity index (χ0) is 12.6. The second-order valence-electron chi connectivity index (χ2n) is 7.78. The zero-order valence-corrected chi connectivity index (χ0v) is 11.8. The minimum atomic E-state index is 0.0944. The maximum atomic E-state index is 6.46. The minimum absolute atomic E-state index is 0.0944. The second kappa shape index (κ2) is 3.65. The molecule has 4 fully saturated rings. The number of ether oxygens (including phenoxy) is 2. The number of hydrogen-bond acceptors (Lipinski definition) is 2. The van der Waals surface area contributed by atoms with Gasteiger partial charge in [-0.25, -0.2) is 0 Å². The molecule has 0 amide bonds. The lowest BCUT2D eigenvalue weighted by atomic mass is 9.68. The van der Waals surface area contributed by atoms with Crippen LogP contribution in [-0.2, 0) is 9.47 Å². The Morgan fingerprint density at radius 2 is 2.00 bits per heavy atom. The molecule has 0 radical (unpaired) electrons. The van der Waals surface area contributed by atoms with Gasteiger partial charge < -0.3 is 9.47 Å². The van der Waals surface area contributed by atoms with Gasteiger partial charge in [0, 0.05) is 13.0 Å². The smallest absolute Gasteiger partial charge is 0.158 e. The highest BCUT2D eigenvalue weighted by Gasteiger charge is 2.65. The Morgan fingerprint density at radius 3 is 2.79 bits per heavy atom. The van der Waals surface area contributed by atoms with E-state index in [2.05, 4.69) is 19.1 Å². The lowest BCUT2D eigenvalue weighted by Crippen LogP contribution is -2.45. The fraction of sp³-hybridized carbons (Fsp3) is 0.882. The molecule has 5 rings (SSSR count). The molecule has 0 aromatic heterocycles. The molecule has 104 valence electrons. The van der Waals surface area contributed by atoms with Crippen LogP contribution in [0.1, 0.15) is 39.0 Å². The molecular weight excluding hydrogens is 236 g/mol. The minimum Gasteiger partial charge on any atom is -0.353 e. The third kappa shape index (κ3) is 1.40. The highest BCUT2D eigenvalue weighted by Crippen LogP contribution is 2.68. The van der Waals surface area contributed by atoms with E-state index in [0.717, 1.165) is 48.5 Å². The lowest BCUT2D eigenvalue weighted by Gasteiger charge is -2.44. The van der Waals surface area contributed by atoms with Crippen LogP contribution in [0, 0.1) is 35.5 Å². The summed E-state index contributed by atoms with van der Waals surface area (Å²) in [5.41, 5.74) is 0.110. The summed E-state index contributed by atoms with van der Waals surface area (Å²) in [5, 5.41) is 0. The Labute approximate surface area is 115 Å². The Kier molecular flexibility index (Phi) is 2.18. The normalized spacial score (nSPS) is 61.2. The van der Waals surface area contributed by atoms with Crippen LogP contribution in [0.2, 0.25) is 0 Å². The Bertz CT molecular complexity index is 425. The first-order chi connectivity index (χ1) is 9.24. The molecule has 8 unspecified atom stereocenters. The van der Waals surface area contributed by atoms with Crippen molar-refractivity contribution in [2.24, 2.45) is 35.5 Å². The van der Waals surface area contributed by atoms with Crippen LogP contribution in [-0.4, -0.2) is 18.5 Å². The molecule has 0 spiro atoms. The van der Waals surface area contributed by atoms with Crippen molar-refractivity contribution in [1.29, 1.82) is 0 Å². The summed E-state index contributed by atoms with van der Waals surface area (Å²) in [7, 11) is 0. The predicted molar refractivity (Wildman–Crippen MR) is 72.4 cm³/mol. The molecular formula is C17H24O2. The molecule has 1 saturated heterocycles. The summed E-state index contributed by atoms with van der Waals surface area (Å²) in [5.74, 6) is 5.45. The summed E-state index contributed by atoms with van der Waals surface area (Å²) in [4.78, 5) is 0. The van der Waals surface area contributed by atoms with Gasteiger partial charge in [-0.1, -0.05) is 12.2 Å². The van der Waals surface area contributed by atoms with Crippen LogP contribution >= 0.6 is 0 Å². The first-order valence-electron chi connectivity index (χ1n) is 8.22. The van der Waals surface area contributed by atoms with Crippen molar-refractivity contribution in [3.8, 4) is 0 Å². The van der Waals surface area contributed by atoms with E-state index in [-0.39, 0.29) is 11.9 Å². The Morgan fingerprint density at radius 1 is 1.16 bits per heavy atom. The van der Waals surface area contributed by atoms with E-state index in [1.807, 2.05) is 0 Å². The fourth-order valence-corrected chi connectivity index (χ4v) is 6.39. The topological polar surface area (TPSA) is 18.5 Å². The molecule has 1 heterocycles. The van der Waals surface area contributed by atoms with E-state index in [0.29, 0.717) is 0 Å². The fourth-order valence-electron chi connectivity index (χ4n) is 6.39. The van der Waals surface area contributed by atoms with Gasteiger partial charge in [-0.15, -0.1) is 0 Å². The van der Waals surface area contributed by atoms with Gasteiger partial charge in [-0.3, -0.25) is 0 Å². The molecule has 0 aromatic carbocycles. The predicted octanol–water partition coefficient (Wildman–Crippen LogP) is 3.38. The van der Waals surface area contributed by atoms with Gasteiger partial charge in [0.15, 0.2) is 6.29 Å². The van der Waals surface area contributed by atoms with E-state index >= 15 is 0 Å². The van der Waals surface area contributed by atoms with E-state index in [4.69, 9.17) is 9.47 Å². The van der Waals surface area contributed by atoms with E-state index in [1.54, 1.807) is 0 Å². The van der Waals surface area contributed by atoms with Gasteiger partial charge in [0.05, 0.1) is 5.60 Å². The van der Waals surface area contributed by atoms with Gasteiger partial charge >= 0.3 is 0 Å². The third-order valence-electron chi connectivity index (χ3n) is 6.89. The average Bonchev–Trinajstić information content (AvgIpc) is 3.13. The highest BCUT2D eigenvalue weighted by atomic mass is 16.7. The number of fused-ring (bicyclic) bond motifs is 9. The first-order valence-corrected chi connectivity index (χ1v) is 8.22. The largest absolute Gasteiger partial charge is 0.353 e. The summed E-state index contributed by atoms with van der Waals surface area (Å²) < 4.78 is 12.2. The molecule has 3 saturated carbocycles. The molecule has 4 bridgehead atoms. The third-order valence-corrected chi connectivity index (χ3v) is 6.89. The molecule has 19 heavy (non-hydrogen) atoms. The number of rotatable bonds is 2. The van der Waals surface area contributed by atoms with Crippen LogP contribution in [0.3, 0.4) is 0 Å². The monoisotopic (exact) mass is 260 g/mol.